The Morgan fingerprint density at radius 1 is 0.967 bits per heavy atom. The number of aliphatic hydroxyl groups excluding tert-OH is 2. The van der Waals surface area contributed by atoms with Crippen LogP contribution in [0.15, 0.2) is 42.2 Å². The maximum Gasteiger partial charge on any atom is 0.312 e. The minimum absolute atomic E-state index is 0.0646. The molecule has 0 fully saturated rings. The maximum absolute atomic E-state index is 14.5. The van der Waals surface area contributed by atoms with Gasteiger partial charge >= 0.3 is 11.8 Å². The molecule has 16 heteroatoms. The molecule has 3 aliphatic rings. The molecule has 0 radical (unpaired) electrons. The number of benzene rings is 2. The number of Topliss-reactive ketones (excluding diaryl/α,β-unsaturated/α-hetero) is 1. The lowest BCUT2D eigenvalue weighted by Gasteiger charge is -2.38. The number of rotatable bonds is 8. The van der Waals surface area contributed by atoms with Crippen LogP contribution in [0.4, 0.5) is 5.69 Å². The standard InChI is InChI=1S/C44H61N3O13/c1-13-18-47(46(10)11)32(49)21-57-31-20-29-39(53)34-33(31)35-41(27(7)38(34)52)60-44(9,42(35)54)58-19-17-30(56-12)24(4)40(59-28(8)48)26(6)37(51)25(5)36(50)22(2)15-14-16-23(3)43(55)45-29/h14-17,19-20,22,24-26,30,36-37,40,50-53H,13,18,21H2,1-12H3,(H,45,55)/b15-14+,19-17+,23-16-/t22-,24-,25-,26-,30+,36-,37+,40-,44+/m1/s1. The molecule has 0 saturated carbocycles. The highest BCUT2D eigenvalue weighted by Gasteiger charge is 2.50. The Kier molecular flexibility index (Phi) is 15.4. The van der Waals surface area contributed by atoms with Gasteiger partial charge in [0.15, 0.2) is 12.4 Å². The van der Waals surface area contributed by atoms with Crippen LogP contribution in [0.2, 0.25) is 0 Å². The number of amides is 2. The third-order valence-corrected chi connectivity index (χ3v) is 11.4. The van der Waals surface area contributed by atoms with Crippen molar-refractivity contribution in [3.63, 3.8) is 0 Å². The fourth-order valence-electron chi connectivity index (χ4n) is 7.72. The average molecular weight is 840 g/mol. The summed E-state index contributed by atoms with van der Waals surface area (Å²) in [5, 5.41) is 51.6. The number of phenolic OH excluding ortho intramolecular Hbond substituents is 2. The number of hydrazine groups is 1. The molecule has 2 aromatic carbocycles. The molecule has 3 aliphatic heterocycles. The molecule has 60 heavy (non-hydrogen) atoms. The number of nitrogens with zero attached hydrogens (tertiary/aromatic N) is 2. The number of ketones is 1. The lowest BCUT2D eigenvalue weighted by Crippen LogP contribution is -2.46. The van der Waals surface area contributed by atoms with E-state index in [1.807, 2.05) is 6.92 Å². The quantitative estimate of drug-likeness (QED) is 0.132. The van der Waals surface area contributed by atoms with Crippen LogP contribution >= 0.6 is 0 Å². The van der Waals surface area contributed by atoms with Crippen LogP contribution in [-0.2, 0) is 28.6 Å². The normalized spacial score (nSPS) is 29.6. The number of carbonyl (C=O) groups excluding carboxylic acids is 4. The molecule has 0 aliphatic carbocycles. The van der Waals surface area contributed by atoms with Crippen LogP contribution in [0.25, 0.3) is 10.8 Å². The van der Waals surface area contributed by atoms with E-state index in [4.69, 9.17) is 23.7 Å². The predicted octanol–water partition coefficient (Wildman–Crippen LogP) is 5.14. The fraction of sp³-hybridized carbons (Fsp3) is 0.545. The van der Waals surface area contributed by atoms with Crippen LogP contribution in [0.5, 0.6) is 23.0 Å². The summed E-state index contributed by atoms with van der Waals surface area (Å²) >= 11 is 0. The van der Waals surface area contributed by atoms with E-state index in [1.165, 1.54) is 64.3 Å². The lowest BCUT2D eigenvalue weighted by atomic mass is 9.78. The minimum Gasteiger partial charge on any atom is -0.507 e. The van der Waals surface area contributed by atoms with Crippen LogP contribution in [0.3, 0.4) is 0 Å². The number of nitrogens with one attached hydrogen (secondary N) is 1. The van der Waals surface area contributed by atoms with Gasteiger partial charge in [-0.3, -0.25) is 24.2 Å². The molecule has 0 saturated heterocycles. The van der Waals surface area contributed by atoms with E-state index in [2.05, 4.69) is 5.32 Å². The third kappa shape index (κ3) is 9.72. The van der Waals surface area contributed by atoms with Crippen molar-refractivity contribution in [3.05, 3.63) is 53.3 Å². The second kappa shape index (κ2) is 19.5. The van der Waals surface area contributed by atoms with Gasteiger partial charge in [0.2, 0.25) is 0 Å². The molecular formula is C44H61N3O13. The van der Waals surface area contributed by atoms with Crippen molar-refractivity contribution >= 4 is 40.0 Å². The molecule has 0 unspecified atom stereocenters. The van der Waals surface area contributed by atoms with Crippen LogP contribution in [-0.4, -0.2) is 119 Å². The first-order valence-electron chi connectivity index (χ1n) is 20.1. The second-order valence-corrected chi connectivity index (χ2v) is 16.1. The number of methoxy groups -OCH3 is 1. The number of allylic oxidation sites excluding steroid dienone is 2. The van der Waals surface area contributed by atoms with Gasteiger partial charge in [-0.1, -0.05) is 52.8 Å². The topological polar surface area (TPSA) is 214 Å². The first-order valence-corrected chi connectivity index (χ1v) is 20.1. The number of esters is 1. The Balaban J connectivity index is 1.94. The lowest BCUT2D eigenvalue weighted by molar-refractivity contribution is -0.160. The minimum atomic E-state index is -2.03. The third-order valence-electron chi connectivity index (χ3n) is 11.4. The summed E-state index contributed by atoms with van der Waals surface area (Å²) in [6.07, 6.45) is 4.23. The van der Waals surface area contributed by atoms with Gasteiger partial charge in [0.05, 0.1) is 41.2 Å². The van der Waals surface area contributed by atoms with Gasteiger partial charge in [-0.2, -0.15) is 0 Å². The Labute approximate surface area is 351 Å². The van der Waals surface area contributed by atoms with Gasteiger partial charge in [0, 0.05) is 87.9 Å². The molecule has 330 valence electrons. The summed E-state index contributed by atoms with van der Waals surface area (Å²) < 4.78 is 29.8. The summed E-state index contributed by atoms with van der Waals surface area (Å²) in [7, 11) is 4.85. The highest BCUT2D eigenvalue weighted by atomic mass is 16.7. The molecule has 5 rings (SSSR count). The van der Waals surface area contributed by atoms with Gasteiger partial charge < -0.3 is 49.4 Å². The van der Waals surface area contributed by atoms with E-state index >= 15 is 0 Å². The zero-order valence-corrected chi connectivity index (χ0v) is 36.6. The molecule has 3 heterocycles. The summed E-state index contributed by atoms with van der Waals surface area (Å²) in [6.45, 7) is 14.3. The van der Waals surface area contributed by atoms with Crippen LogP contribution in [0.1, 0.15) is 77.7 Å². The van der Waals surface area contributed by atoms with E-state index in [0.717, 1.165) is 0 Å². The van der Waals surface area contributed by atoms with E-state index < -0.39 is 95.5 Å². The largest absolute Gasteiger partial charge is 0.507 e. The van der Waals surface area contributed by atoms with Crippen molar-refractivity contribution in [2.24, 2.45) is 23.7 Å². The van der Waals surface area contributed by atoms with E-state index in [-0.39, 0.29) is 44.7 Å². The van der Waals surface area contributed by atoms with Gasteiger partial charge in [0.25, 0.3) is 17.6 Å². The number of hydrogen-bond donors (Lipinski definition) is 5. The zero-order valence-electron chi connectivity index (χ0n) is 36.6. The van der Waals surface area contributed by atoms with Crippen LogP contribution < -0.4 is 14.8 Å². The van der Waals surface area contributed by atoms with Crippen molar-refractivity contribution in [2.45, 2.75) is 98.9 Å². The van der Waals surface area contributed by atoms with Gasteiger partial charge in [-0.25, -0.2) is 5.01 Å². The van der Waals surface area contributed by atoms with Gasteiger partial charge in [-0.15, -0.1) is 0 Å². The number of anilines is 1. The highest BCUT2D eigenvalue weighted by molar-refractivity contribution is 6.21. The molecule has 16 nitrogen and oxygen atoms in total. The van der Waals surface area contributed by atoms with E-state index in [0.29, 0.717) is 13.0 Å². The average Bonchev–Trinajstić information content (AvgIpc) is 3.46. The summed E-state index contributed by atoms with van der Waals surface area (Å²) in [5.74, 6) is -8.16. The van der Waals surface area contributed by atoms with Crippen molar-refractivity contribution in [3.8, 4) is 23.0 Å². The number of ether oxygens (including phenoxy) is 5. The van der Waals surface area contributed by atoms with Gasteiger partial charge in [0.1, 0.15) is 23.4 Å². The molecule has 5 bridgehead atoms. The highest BCUT2D eigenvalue weighted by Crippen LogP contribution is 2.54. The molecule has 5 N–H and O–H groups in total. The summed E-state index contributed by atoms with van der Waals surface area (Å²) in [6, 6.07) is 1.26. The molecule has 0 aromatic heterocycles. The number of carbonyl (C=O) groups is 4. The monoisotopic (exact) mass is 839 g/mol. The molecule has 2 aromatic rings. The summed E-state index contributed by atoms with van der Waals surface area (Å²) in [4.78, 5) is 53.9. The molecular weight excluding hydrogens is 778 g/mol. The number of aromatic hydroxyl groups is 2. The first-order chi connectivity index (χ1) is 28.1. The molecule has 9 atom stereocenters. The second-order valence-electron chi connectivity index (χ2n) is 16.1. The van der Waals surface area contributed by atoms with Crippen molar-refractivity contribution in [1.82, 2.24) is 10.0 Å². The van der Waals surface area contributed by atoms with E-state index in [9.17, 15) is 39.6 Å². The smallest absolute Gasteiger partial charge is 0.312 e. The van der Waals surface area contributed by atoms with E-state index in [1.54, 1.807) is 59.0 Å². The number of hydrogen-bond acceptors (Lipinski definition) is 14. The van der Waals surface area contributed by atoms with Gasteiger partial charge in [-0.05, 0) is 26.3 Å². The molecule has 2 amide bonds. The Morgan fingerprint density at radius 3 is 2.23 bits per heavy atom. The van der Waals surface area contributed by atoms with Crippen molar-refractivity contribution < 1.29 is 63.3 Å². The predicted molar refractivity (Wildman–Crippen MR) is 223 cm³/mol. The van der Waals surface area contributed by atoms with Crippen molar-refractivity contribution in [1.29, 1.82) is 0 Å². The Hall–Kier alpha value is -5.16. The first kappa shape index (κ1) is 47.5. The molecule has 0 spiro atoms. The Bertz CT molecular complexity index is 2040. The number of phenols is 2. The van der Waals surface area contributed by atoms with Crippen molar-refractivity contribution in [2.75, 3.05) is 39.7 Å². The summed E-state index contributed by atoms with van der Waals surface area (Å²) in [5.41, 5.74) is -0.0377. The van der Waals surface area contributed by atoms with Crippen LogP contribution in [0, 0.1) is 30.6 Å². The number of fused-ring (bicyclic) bond motifs is 14. The maximum atomic E-state index is 14.5. The number of aliphatic hydroxyl groups is 2. The zero-order chi connectivity index (χ0) is 45.0. The SMILES string of the molecule is CCCN(C(=O)COc1cc2c(O)c3c(O)c(C)c4c(c13)C(=O)[C@@](C)(O/C=C/[C@H](OC)[C@@H](C)[C@@H](OC(C)=O)[C@H](C)[C@@H](O)[C@H](C)[C@H](O)[C@H](C)/C=C/C=C(/C)C(=O)N2)O4)N(C)C. The Morgan fingerprint density at radius 2 is 1.63 bits per heavy atom. The fourth-order valence-corrected chi connectivity index (χ4v) is 7.72.